The van der Waals surface area contributed by atoms with Crippen molar-refractivity contribution in [1.82, 2.24) is 25.2 Å². The van der Waals surface area contributed by atoms with E-state index in [1.54, 1.807) is 61.8 Å². The molecule has 1 amide bonds. The van der Waals surface area contributed by atoms with E-state index in [1.807, 2.05) is 24.3 Å². The molecule has 3 aromatic carbocycles. The number of halogens is 6. The van der Waals surface area contributed by atoms with Crippen LogP contribution in [0.4, 0.5) is 28.2 Å². The zero-order valence-electron chi connectivity index (χ0n) is 35.8. The number of aryl methyl sites for hydroxylation is 1. The summed E-state index contributed by atoms with van der Waals surface area (Å²) in [6.45, 7) is 9.40. The minimum atomic E-state index is -5.05. The van der Waals surface area contributed by atoms with Crippen molar-refractivity contribution in [2.24, 2.45) is 5.92 Å². The molecule has 0 saturated carbocycles. The number of pyridine rings is 1. The Morgan fingerprint density at radius 2 is 1.57 bits per heavy atom. The summed E-state index contributed by atoms with van der Waals surface area (Å²) < 4.78 is 86.0. The molecule has 18 heteroatoms. The van der Waals surface area contributed by atoms with Crippen LogP contribution >= 0.6 is 23.2 Å². The van der Waals surface area contributed by atoms with E-state index in [9.17, 15) is 9.59 Å². The molecule has 2 aromatic heterocycles. The quantitative estimate of drug-likeness (QED) is 0.0976. The molecule has 5 heterocycles. The molecule has 3 saturated heterocycles. The zero-order valence-corrected chi connectivity index (χ0v) is 37.3. The van der Waals surface area contributed by atoms with Crippen molar-refractivity contribution >= 4 is 46.0 Å². The molecule has 3 aliphatic heterocycles. The van der Waals surface area contributed by atoms with Gasteiger partial charge in [-0.1, -0.05) is 35.9 Å². The average molecular weight is 916 g/mol. The Hall–Kier alpha value is -5.32. The van der Waals surface area contributed by atoms with Crippen LogP contribution in [0.15, 0.2) is 59.4 Å². The highest BCUT2D eigenvalue weighted by Crippen LogP contribution is 2.48. The lowest BCUT2D eigenvalue weighted by Gasteiger charge is -2.38. The largest absolute Gasteiger partial charge is 0.497 e. The lowest BCUT2D eigenvalue weighted by atomic mass is 9.88. The third-order valence-electron chi connectivity index (χ3n) is 11.4. The number of aromatic amines is 1. The van der Waals surface area contributed by atoms with Gasteiger partial charge >= 0.3 is 12.3 Å². The van der Waals surface area contributed by atoms with E-state index in [2.05, 4.69) is 20.3 Å². The Kier molecular flexibility index (Phi) is 13.1. The van der Waals surface area contributed by atoms with Crippen molar-refractivity contribution in [2.45, 2.75) is 90.5 Å². The van der Waals surface area contributed by atoms with Crippen molar-refractivity contribution in [2.75, 3.05) is 32.2 Å². The molecule has 336 valence electrons. The maximum absolute atomic E-state index is 17.2. The number of ether oxygens (including phenoxy) is 4. The standard InChI is InChI=1S/C45H48Cl2F4N6O6/c1-23-18-31(56(20-25-8-14-29(60-6)15-9-25)21-26-10-16-30(61-7)17-11-26)53-38(34(23)45(49,50)51)32-35(46)40(33-39(36(32)48)54-42(47)55-41(33)58)62-24(2)37-27-12-13-28(19-52-37)57(22-27)43(59)63-44(3,4)5/h8-11,14-18,24,27-28,37,52H,12-13,19-22H2,1-7H3,(H,54,55,58)/t24-,27-,28?,37-/m1/s1. The summed E-state index contributed by atoms with van der Waals surface area (Å²) in [6, 6.07) is 15.0. The number of aromatic nitrogens is 3. The number of carbonyl (C=O) groups excluding carboxylic acids is 1. The summed E-state index contributed by atoms with van der Waals surface area (Å²) in [5.74, 6) is -0.638. The number of hydrogen-bond acceptors (Lipinski definition) is 10. The molecular weight excluding hydrogens is 867 g/mol. The number of H-pyrrole nitrogens is 1. The van der Waals surface area contributed by atoms with Crippen molar-refractivity contribution < 1.29 is 41.3 Å². The van der Waals surface area contributed by atoms with Gasteiger partial charge < -0.3 is 34.1 Å². The van der Waals surface area contributed by atoms with Gasteiger partial charge in [0.15, 0.2) is 11.6 Å². The first-order valence-corrected chi connectivity index (χ1v) is 21.1. The Labute approximate surface area is 371 Å². The number of piperidine rings is 1. The molecule has 1 unspecified atom stereocenters. The maximum atomic E-state index is 17.2. The first kappa shape index (κ1) is 45.7. The normalized spacial score (nSPS) is 18.2. The predicted molar refractivity (Wildman–Crippen MR) is 233 cm³/mol. The number of alkyl halides is 3. The number of nitrogens with zero attached hydrogens (tertiary/aromatic N) is 4. The van der Waals surface area contributed by atoms with E-state index < -0.39 is 85.2 Å². The van der Waals surface area contributed by atoms with Crippen molar-refractivity contribution in [1.29, 1.82) is 0 Å². The summed E-state index contributed by atoms with van der Waals surface area (Å²) in [5, 5.41) is 1.89. The second-order valence-corrected chi connectivity index (χ2v) is 17.6. The highest BCUT2D eigenvalue weighted by Gasteiger charge is 2.44. The highest BCUT2D eigenvalue weighted by molar-refractivity contribution is 6.36. The monoisotopic (exact) mass is 914 g/mol. The Balaban J connectivity index is 1.36. The van der Waals surface area contributed by atoms with Crippen LogP contribution in [-0.2, 0) is 24.0 Å². The summed E-state index contributed by atoms with van der Waals surface area (Å²) >= 11 is 13.2. The number of amides is 1. The third-order valence-corrected chi connectivity index (χ3v) is 11.9. The van der Waals surface area contributed by atoms with Gasteiger partial charge in [-0.25, -0.2) is 19.2 Å². The topological polar surface area (TPSA) is 131 Å². The number of methoxy groups -OCH3 is 2. The molecule has 0 radical (unpaired) electrons. The Bertz CT molecular complexity index is 2500. The van der Waals surface area contributed by atoms with Crippen molar-refractivity contribution in [3.8, 4) is 28.5 Å². The number of carbonyl (C=O) groups is 1. The lowest BCUT2D eigenvalue weighted by Crippen LogP contribution is -2.50. The number of fused-ring (bicyclic) bond motifs is 5. The molecule has 12 nitrogen and oxygen atoms in total. The van der Waals surface area contributed by atoms with E-state index in [-0.39, 0.29) is 36.4 Å². The second kappa shape index (κ2) is 18.0. The molecule has 8 rings (SSSR count). The summed E-state index contributed by atoms with van der Waals surface area (Å²) in [5.41, 5.74) is -3.89. The van der Waals surface area contributed by atoms with Gasteiger partial charge in [0.1, 0.15) is 39.9 Å². The summed E-state index contributed by atoms with van der Waals surface area (Å²) in [6.07, 6.45) is -4.93. The van der Waals surface area contributed by atoms with E-state index in [4.69, 9.17) is 42.1 Å². The fraction of sp³-hybridized carbons (Fsp3) is 0.422. The number of hydrogen-bond donors (Lipinski definition) is 2. The van der Waals surface area contributed by atoms with Crippen molar-refractivity contribution in [3.63, 3.8) is 0 Å². The van der Waals surface area contributed by atoms with Crippen LogP contribution in [0.2, 0.25) is 10.3 Å². The molecule has 63 heavy (non-hydrogen) atoms. The minimum Gasteiger partial charge on any atom is -0.497 e. The van der Waals surface area contributed by atoms with Gasteiger partial charge in [-0.2, -0.15) is 13.2 Å². The molecular formula is C45H48Cl2F4N6O6. The van der Waals surface area contributed by atoms with Gasteiger partial charge in [-0.3, -0.25) is 9.78 Å². The number of benzene rings is 3. The van der Waals surface area contributed by atoms with E-state index >= 15 is 17.6 Å². The van der Waals surface area contributed by atoms with E-state index in [0.717, 1.165) is 11.1 Å². The van der Waals surface area contributed by atoms with Crippen LogP contribution in [0.5, 0.6) is 17.2 Å². The molecule has 5 aromatic rings. The molecule has 4 atom stereocenters. The van der Waals surface area contributed by atoms with Gasteiger partial charge in [0.25, 0.3) is 5.56 Å². The van der Waals surface area contributed by atoms with Gasteiger partial charge in [-0.15, -0.1) is 0 Å². The van der Waals surface area contributed by atoms with E-state index in [1.165, 1.54) is 27.2 Å². The molecule has 2 N–H and O–H groups in total. The smallest absolute Gasteiger partial charge is 0.418 e. The number of rotatable bonds is 11. The van der Waals surface area contributed by atoms with Crippen LogP contribution in [0.1, 0.15) is 62.8 Å². The van der Waals surface area contributed by atoms with Crippen LogP contribution in [0.3, 0.4) is 0 Å². The summed E-state index contributed by atoms with van der Waals surface area (Å²) in [4.78, 5) is 41.3. The highest BCUT2D eigenvalue weighted by atomic mass is 35.5. The van der Waals surface area contributed by atoms with Gasteiger partial charge in [0, 0.05) is 38.3 Å². The van der Waals surface area contributed by atoms with Gasteiger partial charge in [-0.05, 0) is 112 Å². The van der Waals surface area contributed by atoms with E-state index in [0.29, 0.717) is 37.4 Å². The zero-order chi connectivity index (χ0) is 45.5. The first-order chi connectivity index (χ1) is 29.8. The Morgan fingerprint density at radius 3 is 2.13 bits per heavy atom. The molecule has 0 aliphatic carbocycles. The fourth-order valence-corrected chi connectivity index (χ4v) is 8.88. The molecule has 3 fully saturated rings. The van der Waals surface area contributed by atoms with Crippen LogP contribution in [0.25, 0.3) is 22.2 Å². The SMILES string of the molecule is COc1ccc(CN(Cc2ccc(OC)cc2)c2cc(C)c(C(F)(F)F)c(-c3c(Cl)c(O[C@H](C)[C@H]4NCC5CC[C@@H]4CN5C(=O)OC(C)(C)C)c4c(=O)[nH]c(Cl)nc4c3F)n2)cc1. The van der Waals surface area contributed by atoms with Gasteiger partial charge in [0.2, 0.25) is 5.28 Å². The molecule has 2 bridgehead atoms. The molecule has 3 aliphatic rings. The van der Waals surface area contributed by atoms with Crippen molar-refractivity contribution in [3.05, 3.63) is 103 Å². The van der Waals surface area contributed by atoms with Gasteiger partial charge in [0.05, 0.1) is 36.1 Å². The van der Waals surface area contributed by atoms with Crippen LogP contribution in [-0.4, -0.2) is 77.0 Å². The fourth-order valence-electron chi connectivity index (χ4n) is 8.40. The van der Waals surface area contributed by atoms with Crippen LogP contribution in [0, 0.1) is 18.7 Å². The average Bonchev–Trinajstić information content (AvgIpc) is 3.54. The Morgan fingerprint density at radius 1 is 0.968 bits per heavy atom. The lowest BCUT2D eigenvalue weighted by molar-refractivity contribution is -0.137. The maximum Gasteiger partial charge on any atom is 0.418 e. The second-order valence-electron chi connectivity index (χ2n) is 16.9. The third kappa shape index (κ3) is 9.77. The minimum absolute atomic E-state index is 0.0680. The number of anilines is 1. The predicted octanol–water partition coefficient (Wildman–Crippen LogP) is 9.74. The summed E-state index contributed by atoms with van der Waals surface area (Å²) in [7, 11) is 3.07. The number of nitrogens with one attached hydrogen (secondary N) is 2. The van der Waals surface area contributed by atoms with Crippen LogP contribution < -0.4 is 30.0 Å². The molecule has 0 spiro atoms. The first-order valence-electron chi connectivity index (χ1n) is 20.4.